The standard InChI is InChI=1S/C24H16BrF4N3O2/c25-21-9-6-18(11-20(21)24(27,28)29)30-12-16-13-32(19-7-4-14(5-8-19)23(33)34)31-22(16)15-2-1-3-17(26)10-15/h1-11,13,30H,12H2,(H,33,34). The SMILES string of the molecule is O=C(O)c1ccc(-n2cc(CNc3ccc(Br)c(C(F)(F)F)c3)c(-c3cccc(F)c3)n2)cc1. The van der Waals surface area contributed by atoms with E-state index in [0.29, 0.717) is 22.5 Å². The van der Waals surface area contributed by atoms with Gasteiger partial charge in [0.1, 0.15) is 5.82 Å². The zero-order valence-corrected chi connectivity index (χ0v) is 18.9. The van der Waals surface area contributed by atoms with Crippen LogP contribution in [0.2, 0.25) is 0 Å². The Balaban J connectivity index is 1.69. The van der Waals surface area contributed by atoms with Gasteiger partial charge in [-0.3, -0.25) is 0 Å². The first-order valence-corrected chi connectivity index (χ1v) is 10.7. The number of alkyl halides is 3. The smallest absolute Gasteiger partial charge is 0.417 e. The Labute approximate surface area is 199 Å². The highest BCUT2D eigenvalue weighted by Gasteiger charge is 2.33. The van der Waals surface area contributed by atoms with Crippen molar-refractivity contribution in [1.82, 2.24) is 9.78 Å². The van der Waals surface area contributed by atoms with E-state index >= 15 is 0 Å². The normalized spacial score (nSPS) is 11.4. The predicted octanol–water partition coefficient (Wildman–Crippen LogP) is 6.77. The number of aromatic nitrogens is 2. The predicted molar refractivity (Wildman–Crippen MR) is 122 cm³/mol. The molecule has 1 aromatic heterocycles. The van der Waals surface area contributed by atoms with Crippen LogP contribution >= 0.6 is 15.9 Å². The number of benzene rings is 3. The lowest BCUT2D eigenvalue weighted by molar-refractivity contribution is -0.138. The summed E-state index contributed by atoms with van der Waals surface area (Å²) < 4.78 is 55.0. The zero-order valence-electron chi connectivity index (χ0n) is 17.3. The fourth-order valence-electron chi connectivity index (χ4n) is 3.36. The molecule has 0 saturated heterocycles. The third-order valence-electron chi connectivity index (χ3n) is 5.02. The number of hydrogen-bond acceptors (Lipinski definition) is 3. The summed E-state index contributed by atoms with van der Waals surface area (Å²) in [5, 5.41) is 16.6. The molecule has 1 heterocycles. The van der Waals surface area contributed by atoms with Crippen LogP contribution in [0.1, 0.15) is 21.5 Å². The molecule has 10 heteroatoms. The monoisotopic (exact) mass is 533 g/mol. The molecule has 34 heavy (non-hydrogen) atoms. The minimum Gasteiger partial charge on any atom is -0.478 e. The van der Waals surface area contributed by atoms with Crippen LogP contribution in [0.25, 0.3) is 16.9 Å². The molecule has 4 aromatic rings. The van der Waals surface area contributed by atoms with Crippen LogP contribution in [0.5, 0.6) is 0 Å². The molecule has 5 nitrogen and oxygen atoms in total. The van der Waals surface area contributed by atoms with Crippen LogP contribution in [0.4, 0.5) is 23.2 Å². The van der Waals surface area contributed by atoms with Gasteiger partial charge in [-0.05, 0) is 54.6 Å². The quantitative estimate of drug-likeness (QED) is 0.268. The van der Waals surface area contributed by atoms with Crippen molar-refractivity contribution in [2.75, 3.05) is 5.32 Å². The first-order valence-electron chi connectivity index (χ1n) is 9.90. The molecular formula is C24H16BrF4N3O2. The molecule has 0 bridgehead atoms. The third-order valence-corrected chi connectivity index (χ3v) is 5.71. The molecule has 0 fully saturated rings. The maximum atomic E-state index is 13.9. The number of anilines is 1. The average Bonchev–Trinajstić information content (AvgIpc) is 3.22. The Morgan fingerprint density at radius 3 is 2.44 bits per heavy atom. The van der Waals surface area contributed by atoms with E-state index in [9.17, 15) is 22.4 Å². The van der Waals surface area contributed by atoms with Crippen molar-refractivity contribution >= 4 is 27.6 Å². The number of carboxylic acid groups (broad SMARTS) is 1. The van der Waals surface area contributed by atoms with E-state index in [2.05, 4.69) is 26.3 Å². The number of nitrogens with one attached hydrogen (secondary N) is 1. The first-order chi connectivity index (χ1) is 16.1. The van der Waals surface area contributed by atoms with Gasteiger partial charge >= 0.3 is 12.1 Å². The van der Waals surface area contributed by atoms with Gasteiger partial charge in [0.2, 0.25) is 0 Å². The highest BCUT2D eigenvalue weighted by Crippen LogP contribution is 2.36. The van der Waals surface area contributed by atoms with Crippen molar-refractivity contribution < 1.29 is 27.5 Å². The van der Waals surface area contributed by atoms with Crippen LogP contribution in [0.3, 0.4) is 0 Å². The molecule has 0 saturated carbocycles. The highest BCUT2D eigenvalue weighted by atomic mass is 79.9. The Bertz CT molecular complexity index is 1350. The molecule has 0 amide bonds. The fourth-order valence-corrected chi connectivity index (χ4v) is 3.83. The summed E-state index contributed by atoms with van der Waals surface area (Å²) >= 11 is 2.92. The molecule has 0 unspecified atom stereocenters. The molecule has 0 aliphatic rings. The Morgan fingerprint density at radius 2 is 1.79 bits per heavy atom. The van der Waals surface area contributed by atoms with Crippen LogP contribution in [0.15, 0.2) is 77.4 Å². The maximum absolute atomic E-state index is 13.9. The van der Waals surface area contributed by atoms with Crippen molar-refractivity contribution in [2.24, 2.45) is 0 Å². The van der Waals surface area contributed by atoms with Crippen molar-refractivity contribution in [3.8, 4) is 16.9 Å². The summed E-state index contributed by atoms with van der Waals surface area (Å²) in [6.45, 7) is 0.109. The number of carboxylic acids is 1. The molecule has 4 rings (SSSR count). The van der Waals surface area contributed by atoms with Gasteiger partial charge in [0.15, 0.2) is 0 Å². The van der Waals surface area contributed by atoms with E-state index in [-0.39, 0.29) is 22.3 Å². The number of halogens is 5. The summed E-state index contributed by atoms with van der Waals surface area (Å²) in [5.74, 6) is -1.52. The van der Waals surface area contributed by atoms with Gasteiger partial charge in [-0.2, -0.15) is 18.3 Å². The van der Waals surface area contributed by atoms with Crippen molar-refractivity contribution in [2.45, 2.75) is 12.7 Å². The van der Waals surface area contributed by atoms with Gasteiger partial charge in [0.05, 0.1) is 22.5 Å². The lowest BCUT2D eigenvalue weighted by Crippen LogP contribution is -2.08. The van der Waals surface area contributed by atoms with Gasteiger partial charge in [-0.15, -0.1) is 0 Å². The van der Waals surface area contributed by atoms with Gasteiger partial charge in [-0.25, -0.2) is 13.9 Å². The van der Waals surface area contributed by atoms with Crippen LogP contribution in [-0.2, 0) is 12.7 Å². The fraction of sp³-hybridized carbons (Fsp3) is 0.0833. The lowest BCUT2D eigenvalue weighted by atomic mass is 10.1. The molecular weight excluding hydrogens is 518 g/mol. The number of carbonyl (C=O) groups is 1. The van der Waals surface area contributed by atoms with E-state index in [1.165, 1.54) is 47.1 Å². The molecule has 3 aromatic carbocycles. The molecule has 2 N–H and O–H groups in total. The minimum atomic E-state index is -4.52. The van der Waals surface area contributed by atoms with Gasteiger partial charge < -0.3 is 10.4 Å². The van der Waals surface area contributed by atoms with E-state index in [1.807, 2.05) is 0 Å². The third kappa shape index (κ3) is 5.12. The van der Waals surface area contributed by atoms with Crippen LogP contribution < -0.4 is 5.32 Å². The zero-order chi connectivity index (χ0) is 24.5. The summed E-state index contributed by atoms with van der Waals surface area (Å²) in [7, 11) is 0. The topological polar surface area (TPSA) is 67.2 Å². The largest absolute Gasteiger partial charge is 0.478 e. The molecule has 0 radical (unpaired) electrons. The number of aromatic carboxylic acids is 1. The van der Waals surface area contributed by atoms with E-state index in [0.717, 1.165) is 6.07 Å². The summed E-state index contributed by atoms with van der Waals surface area (Å²) in [4.78, 5) is 11.1. The van der Waals surface area contributed by atoms with E-state index < -0.39 is 23.5 Å². The number of nitrogens with zero attached hydrogens (tertiary/aromatic N) is 2. The highest BCUT2D eigenvalue weighted by molar-refractivity contribution is 9.10. The summed E-state index contributed by atoms with van der Waals surface area (Å²) in [6.07, 6.45) is -2.86. The Hall–Kier alpha value is -3.66. The van der Waals surface area contributed by atoms with Crippen LogP contribution in [0, 0.1) is 5.82 Å². The lowest BCUT2D eigenvalue weighted by Gasteiger charge is -2.12. The van der Waals surface area contributed by atoms with E-state index in [4.69, 9.17) is 5.11 Å². The summed E-state index contributed by atoms with van der Waals surface area (Å²) in [6, 6.07) is 15.7. The van der Waals surface area contributed by atoms with Crippen molar-refractivity contribution in [1.29, 1.82) is 0 Å². The van der Waals surface area contributed by atoms with Gasteiger partial charge in [0, 0.05) is 34.0 Å². The van der Waals surface area contributed by atoms with Crippen molar-refractivity contribution in [3.05, 3.63) is 99.9 Å². The Kier molecular flexibility index (Phi) is 6.43. The molecule has 0 aliphatic carbocycles. The Morgan fingerprint density at radius 1 is 1.06 bits per heavy atom. The van der Waals surface area contributed by atoms with Gasteiger partial charge in [-0.1, -0.05) is 28.1 Å². The molecule has 0 aliphatic heterocycles. The molecule has 0 spiro atoms. The van der Waals surface area contributed by atoms with Crippen LogP contribution in [-0.4, -0.2) is 20.9 Å². The first kappa shape index (κ1) is 23.5. The molecule has 0 atom stereocenters. The maximum Gasteiger partial charge on any atom is 0.417 e. The minimum absolute atomic E-state index is 0.0661. The average molecular weight is 534 g/mol. The number of rotatable bonds is 6. The second-order valence-corrected chi connectivity index (χ2v) is 8.21. The summed E-state index contributed by atoms with van der Waals surface area (Å²) in [5.41, 5.74) is 1.64. The van der Waals surface area contributed by atoms with Crippen molar-refractivity contribution in [3.63, 3.8) is 0 Å². The van der Waals surface area contributed by atoms with E-state index in [1.54, 1.807) is 24.4 Å². The second-order valence-electron chi connectivity index (χ2n) is 7.36. The van der Waals surface area contributed by atoms with Gasteiger partial charge in [0.25, 0.3) is 0 Å². The molecule has 174 valence electrons. The second kappa shape index (κ2) is 9.30. The number of hydrogen-bond donors (Lipinski definition) is 2.